The molecule has 0 saturated carbocycles. The van der Waals surface area contributed by atoms with Crippen molar-refractivity contribution in [2.24, 2.45) is 5.92 Å². The van der Waals surface area contributed by atoms with E-state index >= 15 is 0 Å². The lowest BCUT2D eigenvalue weighted by Crippen LogP contribution is -2.51. The van der Waals surface area contributed by atoms with Crippen LogP contribution in [0.15, 0.2) is 18.2 Å². The van der Waals surface area contributed by atoms with Crippen molar-refractivity contribution >= 4 is 29.1 Å². The first-order valence-electron chi connectivity index (χ1n) is 8.76. The second-order valence-electron chi connectivity index (χ2n) is 6.44. The van der Waals surface area contributed by atoms with Crippen LogP contribution in [-0.4, -0.2) is 40.8 Å². The smallest absolute Gasteiger partial charge is 0.288 e. The molecule has 2 amide bonds. The van der Waals surface area contributed by atoms with E-state index in [0.717, 1.165) is 18.9 Å². The van der Waals surface area contributed by atoms with E-state index in [1.807, 2.05) is 27.7 Å². The van der Waals surface area contributed by atoms with Gasteiger partial charge >= 0.3 is 0 Å². The average Bonchev–Trinajstić information content (AvgIpc) is 2.58. The Hall–Kier alpha value is -2.15. The summed E-state index contributed by atoms with van der Waals surface area (Å²) in [6.45, 7) is 8.93. The monoisotopic (exact) mass is 383 g/mol. The van der Waals surface area contributed by atoms with Gasteiger partial charge in [0, 0.05) is 24.7 Å². The Morgan fingerprint density at radius 1 is 1.23 bits per heavy atom. The minimum Gasteiger partial charge on any atom is -0.341 e. The number of hydrogen-bond donors (Lipinski definition) is 1. The van der Waals surface area contributed by atoms with Crippen molar-refractivity contribution in [1.29, 1.82) is 0 Å². The number of nitro benzene ring substituents is 1. The maximum Gasteiger partial charge on any atom is 0.288 e. The van der Waals surface area contributed by atoms with Crippen LogP contribution in [0.25, 0.3) is 0 Å². The van der Waals surface area contributed by atoms with Gasteiger partial charge in [0.25, 0.3) is 11.6 Å². The number of nitrogens with zero attached hydrogens (tertiary/aromatic N) is 2. The average molecular weight is 384 g/mol. The van der Waals surface area contributed by atoms with Gasteiger partial charge in [0.15, 0.2) is 0 Å². The zero-order chi connectivity index (χ0) is 19.9. The molecular formula is C18H26ClN3O4. The lowest BCUT2D eigenvalue weighted by atomic mass is 10.0. The van der Waals surface area contributed by atoms with Crippen molar-refractivity contribution in [3.05, 3.63) is 38.9 Å². The molecule has 1 N–H and O–H groups in total. The molecule has 0 heterocycles. The van der Waals surface area contributed by atoms with Gasteiger partial charge in [-0.1, -0.05) is 39.3 Å². The van der Waals surface area contributed by atoms with Crippen LogP contribution in [0.1, 0.15) is 50.9 Å². The first-order chi connectivity index (χ1) is 12.2. The molecule has 0 saturated heterocycles. The van der Waals surface area contributed by atoms with Crippen molar-refractivity contribution in [2.45, 2.75) is 46.6 Å². The summed E-state index contributed by atoms with van der Waals surface area (Å²) in [6, 6.07) is 3.13. The van der Waals surface area contributed by atoms with Crippen LogP contribution in [0, 0.1) is 16.0 Å². The second kappa shape index (κ2) is 10.1. The molecule has 0 bridgehead atoms. The van der Waals surface area contributed by atoms with E-state index in [4.69, 9.17) is 11.6 Å². The topological polar surface area (TPSA) is 92.6 Å². The minimum atomic E-state index is -0.699. The summed E-state index contributed by atoms with van der Waals surface area (Å²) in [4.78, 5) is 37.5. The molecule has 144 valence electrons. The van der Waals surface area contributed by atoms with Gasteiger partial charge in [-0.3, -0.25) is 19.7 Å². The predicted octanol–water partition coefficient (Wildman–Crippen LogP) is 3.65. The fraction of sp³-hybridized carbons (Fsp3) is 0.556. The molecule has 8 heteroatoms. The van der Waals surface area contributed by atoms with Crippen LogP contribution in [0.5, 0.6) is 0 Å². The molecule has 1 aromatic rings. The van der Waals surface area contributed by atoms with Crippen LogP contribution in [0.3, 0.4) is 0 Å². The van der Waals surface area contributed by atoms with Crippen LogP contribution in [0.2, 0.25) is 5.02 Å². The molecule has 0 spiro atoms. The fourth-order valence-corrected chi connectivity index (χ4v) is 2.79. The molecule has 7 nitrogen and oxygen atoms in total. The molecule has 0 fully saturated rings. The van der Waals surface area contributed by atoms with E-state index < -0.39 is 16.9 Å². The highest BCUT2D eigenvalue weighted by Gasteiger charge is 2.29. The largest absolute Gasteiger partial charge is 0.341 e. The Kier molecular flexibility index (Phi) is 8.51. The van der Waals surface area contributed by atoms with E-state index in [0.29, 0.717) is 13.1 Å². The van der Waals surface area contributed by atoms with Crippen LogP contribution in [0.4, 0.5) is 5.69 Å². The highest BCUT2D eigenvalue weighted by atomic mass is 35.5. The van der Waals surface area contributed by atoms with Crippen molar-refractivity contribution < 1.29 is 14.5 Å². The third-order valence-corrected chi connectivity index (χ3v) is 4.24. The number of hydrogen-bond acceptors (Lipinski definition) is 4. The molecule has 26 heavy (non-hydrogen) atoms. The van der Waals surface area contributed by atoms with Gasteiger partial charge < -0.3 is 10.2 Å². The molecule has 0 radical (unpaired) electrons. The summed E-state index contributed by atoms with van der Waals surface area (Å²) in [6.07, 6.45) is 1.65. The third kappa shape index (κ3) is 5.69. The molecule has 0 aromatic heterocycles. The van der Waals surface area contributed by atoms with E-state index in [-0.39, 0.29) is 28.1 Å². The lowest BCUT2D eigenvalue weighted by Gasteiger charge is -2.29. The van der Waals surface area contributed by atoms with Crippen molar-refractivity contribution in [1.82, 2.24) is 10.2 Å². The van der Waals surface area contributed by atoms with Crippen molar-refractivity contribution in [3.8, 4) is 0 Å². The lowest BCUT2D eigenvalue weighted by molar-refractivity contribution is -0.384. The van der Waals surface area contributed by atoms with E-state index in [2.05, 4.69) is 5.32 Å². The second-order valence-corrected chi connectivity index (χ2v) is 6.85. The molecule has 0 aliphatic rings. The predicted molar refractivity (Wildman–Crippen MR) is 101 cm³/mol. The molecule has 0 aliphatic heterocycles. The van der Waals surface area contributed by atoms with Crippen LogP contribution >= 0.6 is 11.6 Å². The number of halogens is 1. The first kappa shape index (κ1) is 21.9. The van der Waals surface area contributed by atoms with Gasteiger partial charge in [-0.15, -0.1) is 0 Å². The normalized spacial score (nSPS) is 11.9. The van der Waals surface area contributed by atoms with Gasteiger partial charge in [0.2, 0.25) is 5.91 Å². The summed E-state index contributed by atoms with van der Waals surface area (Å²) < 4.78 is 0. The van der Waals surface area contributed by atoms with E-state index in [1.54, 1.807) is 4.90 Å². The highest BCUT2D eigenvalue weighted by molar-refractivity contribution is 6.32. The third-order valence-electron chi connectivity index (χ3n) is 3.92. The Balaban J connectivity index is 3.03. The van der Waals surface area contributed by atoms with E-state index in [9.17, 15) is 19.7 Å². The van der Waals surface area contributed by atoms with Crippen LogP contribution < -0.4 is 5.32 Å². The van der Waals surface area contributed by atoms with Gasteiger partial charge in [0.1, 0.15) is 11.1 Å². The summed E-state index contributed by atoms with van der Waals surface area (Å²) in [5.74, 6) is -0.796. The Morgan fingerprint density at radius 2 is 1.81 bits per heavy atom. The van der Waals surface area contributed by atoms with Gasteiger partial charge in [0.05, 0.1) is 4.92 Å². The number of amides is 2. The summed E-state index contributed by atoms with van der Waals surface area (Å²) >= 11 is 5.78. The molecule has 1 atom stereocenters. The summed E-state index contributed by atoms with van der Waals surface area (Å²) in [5.41, 5.74) is -0.248. The maximum absolute atomic E-state index is 12.8. The highest BCUT2D eigenvalue weighted by Crippen LogP contribution is 2.25. The number of carbonyl (C=O) groups is 2. The number of nitrogens with one attached hydrogen (secondary N) is 1. The molecule has 1 aromatic carbocycles. The fourth-order valence-electron chi connectivity index (χ4n) is 2.60. The molecular weight excluding hydrogens is 358 g/mol. The first-order valence-corrected chi connectivity index (χ1v) is 9.14. The number of benzene rings is 1. The van der Waals surface area contributed by atoms with Gasteiger partial charge in [-0.25, -0.2) is 0 Å². The quantitative estimate of drug-likeness (QED) is 0.520. The van der Waals surface area contributed by atoms with Crippen molar-refractivity contribution in [3.63, 3.8) is 0 Å². The van der Waals surface area contributed by atoms with Gasteiger partial charge in [-0.05, 0) is 30.9 Å². The summed E-state index contributed by atoms with van der Waals surface area (Å²) in [7, 11) is 0. The Bertz CT molecular complexity index is 658. The number of carbonyl (C=O) groups excluding carboxylic acids is 2. The van der Waals surface area contributed by atoms with Crippen LogP contribution in [-0.2, 0) is 4.79 Å². The zero-order valence-electron chi connectivity index (χ0n) is 15.6. The number of nitro groups is 1. The SMILES string of the molecule is CCCN(CCC)C(=O)C(NC(=O)c1ccc(Cl)c([N+](=O)[O-])c1)C(C)C. The number of rotatable bonds is 9. The van der Waals surface area contributed by atoms with Crippen molar-refractivity contribution in [2.75, 3.05) is 13.1 Å². The molecule has 1 rings (SSSR count). The Labute approximate surface area is 158 Å². The zero-order valence-corrected chi connectivity index (χ0v) is 16.4. The summed E-state index contributed by atoms with van der Waals surface area (Å²) in [5, 5.41) is 13.7. The van der Waals surface area contributed by atoms with Gasteiger partial charge in [-0.2, -0.15) is 0 Å². The molecule has 0 aliphatic carbocycles. The van der Waals surface area contributed by atoms with E-state index in [1.165, 1.54) is 12.1 Å². The maximum atomic E-state index is 12.8. The Morgan fingerprint density at radius 3 is 2.27 bits per heavy atom. The minimum absolute atomic E-state index is 0.0416. The standard InChI is InChI=1S/C18H26ClN3O4/c1-5-9-21(10-6-2)18(24)16(12(3)4)20-17(23)13-7-8-14(19)15(11-13)22(25)26/h7-8,11-12,16H,5-6,9-10H2,1-4H3,(H,20,23). The molecule has 1 unspecified atom stereocenters.